The summed E-state index contributed by atoms with van der Waals surface area (Å²) in [7, 11) is 0. The van der Waals surface area contributed by atoms with Gasteiger partial charge in [-0.1, -0.05) is 13.0 Å². The van der Waals surface area contributed by atoms with E-state index in [9.17, 15) is 9.59 Å². The average molecular weight is 387 g/mol. The lowest BCUT2D eigenvalue weighted by Gasteiger charge is -2.17. The van der Waals surface area contributed by atoms with Crippen molar-refractivity contribution in [3.05, 3.63) is 56.1 Å². The van der Waals surface area contributed by atoms with E-state index in [1.54, 1.807) is 22.7 Å². The summed E-state index contributed by atoms with van der Waals surface area (Å²) in [6.07, 6.45) is 0.494. The summed E-state index contributed by atoms with van der Waals surface area (Å²) >= 11 is 3.18. The number of amides is 1. The molecule has 0 radical (unpaired) electrons. The van der Waals surface area contributed by atoms with Gasteiger partial charge in [0.25, 0.3) is 5.56 Å². The summed E-state index contributed by atoms with van der Waals surface area (Å²) in [4.78, 5) is 26.7. The van der Waals surface area contributed by atoms with Gasteiger partial charge in [0.2, 0.25) is 5.91 Å². The Hall–Kier alpha value is -2.45. The second-order valence-electron chi connectivity index (χ2n) is 6.05. The van der Waals surface area contributed by atoms with Gasteiger partial charge in [-0.2, -0.15) is 5.10 Å². The van der Waals surface area contributed by atoms with Crippen LogP contribution in [-0.4, -0.2) is 20.1 Å². The van der Waals surface area contributed by atoms with Crippen molar-refractivity contribution >= 4 is 44.3 Å². The average Bonchev–Trinajstić information content (AvgIpc) is 3.34. The van der Waals surface area contributed by atoms with Gasteiger partial charge >= 0.3 is 0 Å². The van der Waals surface area contributed by atoms with E-state index in [-0.39, 0.29) is 11.5 Å². The summed E-state index contributed by atoms with van der Waals surface area (Å²) in [5.41, 5.74) is 1.30. The molecule has 0 unspecified atom stereocenters. The Morgan fingerprint density at radius 3 is 2.85 bits per heavy atom. The van der Waals surface area contributed by atoms with E-state index in [1.165, 1.54) is 4.68 Å². The van der Waals surface area contributed by atoms with Gasteiger partial charge in [0, 0.05) is 4.88 Å². The molecule has 134 valence electrons. The number of aromatic nitrogens is 3. The first kappa shape index (κ1) is 17.0. The Balaban J connectivity index is 1.72. The van der Waals surface area contributed by atoms with E-state index in [2.05, 4.69) is 10.4 Å². The van der Waals surface area contributed by atoms with Crippen LogP contribution in [0.2, 0.25) is 0 Å². The van der Waals surface area contributed by atoms with E-state index in [0.717, 1.165) is 15.1 Å². The molecular weight excluding hydrogens is 368 g/mol. The van der Waals surface area contributed by atoms with Gasteiger partial charge in [0.05, 0.1) is 16.8 Å². The maximum absolute atomic E-state index is 13.0. The van der Waals surface area contributed by atoms with Crippen molar-refractivity contribution < 1.29 is 4.79 Å². The molecule has 4 aromatic heterocycles. The lowest BCUT2D eigenvalue weighted by Crippen LogP contribution is -2.39. The largest absolute Gasteiger partial charge is 0.349 e. The van der Waals surface area contributed by atoms with Crippen LogP contribution in [0.4, 0.5) is 0 Å². The third-order valence-electron chi connectivity index (χ3n) is 4.43. The normalized spacial score (nSPS) is 12.7. The van der Waals surface area contributed by atoms with Crippen LogP contribution >= 0.6 is 22.7 Å². The lowest BCUT2D eigenvalue weighted by molar-refractivity contribution is -0.125. The van der Waals surface area contributed by atoms with Crippen LogP contribution in [0.5, 0.6) is 0 Å². The van der Waals surface area contributed by atoms with E-state index in [4.69, 9.17) is 0 Å². The van der Waals surface area contributed by atoms with Gasteiger partial charge in [0.1, 0.15) is 17.4 Å². The molecule has 0 fully saturated rings. The first-order chi connectivity index (χ1) is 12.6. The third kappa shape index (κ3) is 2.75. The number of aryl methyl sites for hydroxylation is 1. The van der Waals surface area contributed by atoms with Gasteiger partial charge < -0.3 is 5.32 Å². The fraction of sp³-hybridized carbons (Fsp3) is 0.278. The van der Waals surface area contributed by atoms with E-state index >= 15 is 0 Å². The van der Waals surface area contributed by atoms with Crippen LogP contribution in [-0.2, 0) is 11.3 Å². The second kappa shape index (κ2) is 6.69. The first-order valence-corrected chi connectivity index (χ1v) is 10.1. The SMILES string of the molecule is CC[C@@H](C(=O)NCc1cccs1)n1nc(C)n2c(cc3sccc32)c1=O. The Morgan fingerprint density at radius 1 is 1.27 bits per heavy atom. The van der Waals surface area contributed by atoms with E-state index in [0.29, 0.717) is 24.3 Å². The molecule has 8 heteroatoms. The molecule has 1 atom stereocenters. The number of thiophene rings is 2. The highest BCUT2D eigenvalue weighted by atomic mass is 32.1. The van der Waals surface area contributed by atoms with Crippen molar-refractivity contribution in [2.45, 2.75) is 32.9 Å². The molecule has 26 heavy (non-hydrogen) atoms. The highest BCUT2D eigenvalue weighted by molar-refractivity contribution is 7.17. The summed E-state index contributed by atoms with van der Waals surface area (Å²) in [6.45, 7) is 4.21. The molecule has 4 rings (SSSR count). The Labute approximate surface area is 157 Å². The molecule has 0 saturated heterocycles. The molecule has 0 aliphatic heterocycles. The fourth-order valence-corrected chi connectivity index (χ4v) is 4.63. The zero-order chi connectivity index (χ0) is 18.3. The smallest absolute Gasteiger partial charge is 0.291 e. The van der Waals surface area contributed by atoms with Gasteiger partial charge in [-0.05, 0) is 42.3 Å². The van der Waals surface area contributed by atoms with Crippen molar-refractivity contribution in [1.29, 1.82) is 0 Å². The zero-order valence-electron chi connectivity index (χ0n) is 14.4. The monoisotopic (exact) mass is 386 g/mol. The highest BCUT2D eigenvalue weighted by Crippen LogP contribution is 2.25. The number of nitrogens with zero attached hydrogens (tertiary/aromatic N) is 3. The summed E-state index contributed by atoms with van der Waals surface area (Å²) in [5, 5.41) is 11.3. The quantitative estimate of drug-likeness (QED) is 0.572. The molecule has 4 aromatic rings. The number of rotatable bonds is 5. The van der Waals surface area contributed by atoms with Crippen molar-refractivity contribution in [3.8, 4) is 0 Å². The minimum absolute atomic E-state index is 0.187. The highest BCUT2D eigenvalue weighted by Gasteiger charge is 2.23. The van der Waals surface area contributed by atoms with Crippen molar-refractivity contribution in [1.82, 2.24) is 19.5 Å². The first-order valence-electron chi connectivity index (χ1n) is 8.38. The van der Waals surface area contributed by atoms with Crippen molar-refractivity contribution in [2.24, 2.45) is 0 Å². The van der Waals surface area contributed by atoms with Crippen LogP contribution in [0.15, 0.2) is 39.8 Å². The van der Waals surface area contributed by atoms with Crippen LogP contribution in [0, 0.1) is 6.92 Å². The fourth-order valence-electron chi connectivity index (χ4n) is 3.18. The molecule has 0 aliphatic rings. The number of hydrogen-bond acceptors (Lipinski definition) is 5. The lowest BCUT2D eigenvalue weighted by atomic mass is 10.2. The van der Waals surface area contributed by atoms with Crippen LogP contribution in [0.25, 0.3) is 15.7 Å². The summed E-state index contributed by atoms with van der Waals surface area (Å²) < 4.78 is 4.23. The number of nitrogens with one attached hydrogen (secondary N) is 1. The van der Waals surface area contributed by atoms with Crippen molar-refractivity contribution in [2.75, 3.05) is 0 Å². The standard InChI is InChI=1S/C18H18N4O2S2/c1-3-13(17(23)19-10-12-5-4-7-25-12)22-18(24)15-9-16-14(6-8-26-16)21(15)11(2)20-22/h4-9,13H,3,10H2,1-2H3,(H,19,23)/t13-/m0/s1. The van der Waals surface area contributed by atoms with Gasteiger partial charge in [-0.3, -0.25) is 14.0 Å². The number of fused-ring (bicyclic) bond motifs is 3. The number of hydrogen-bond donors (Lipinski definition) is 1. The molecule has 0 spiro atoms. The molecule has 0 aromatic carbocycles. The van der Waals surface area contributed by atoms with Gasteiger partial charge in [-0.25, -0.2) is 4.68 Å². The van der Waals surface area contributed by atoms with Crippen LogP contribution in [0.1, 0.15) is 30.1 Å². The van der Waals surface area contributed by atoms with Gasteiger partial charge in [0.15, 0.2) is 0 Å². The molecule has 1 N–H and O–H groups in total. The molecule has 0 saturated carbocycles. The molecule has 0 bridgehead atoms. The molecular formula is C18H18N4O2S2. The van der Waals surface area contributed by atoms with Crippen LogP contribution < -0.4 is 10.9 Å². The topological polar surface area (TPSA) is 68.4 Å². The summed E-state index contributed by atoms with van der Waals surface area (Å²) in [6, 6.07) is 7.16. The zero-order valence-corrected chi connectivity index (χ0v) is 16.1. The second-order valence-corrected chi connectivity index (χ2v) is 8.03. The Morgan fingerprint density at radius 2 is 2.12 bits per heavy atom. The maximum Gasteiger partial charge on any atom is 0.291 e. The third-order valence-corrected chi connectivity index (χ3v) is 6.16. The number of carbonyl (C=O) groups excluding carboxylic acids is 1. The minimum Gasteiger partial charge on any atom is -0.349 e. The van der Waals surface area contributed by atoms with E-state index in [1.807, 2.05) is 53.3 Å². The summed E-state index contributed by atoms with van der Waals surface area (Å²) in [5.74, 6) is 0.505. The Bertz CT molecular complexity index is 1140. The molecule has 0 aliphatic carbocycles. The number of carbonyl (C=O) groups is 1. The van der Waals surface area contributed by atoms with Crippen molar-refractivity contribution in [3.63, 3.8) is 0 Å². The maximum atomic E-state index is 13.0. The predicted molar refractivity (Wildman–Crippen MR) is 105 cm³/mol. The Kier molecular flexibility index (Phi) is 4.37. The van der Waals surface area contributed by atoms with E-state index < -0.39 is 6.04 Å². The van der Waals surface area contributed by atoms with Crippen LogP contribution in [0.3, 0.4) is 0 Å². The minimum atomic E-state index is -0.626. The molecule has 1 amide bonds. The van der Waals surface area contributed by atoms with Gasteiger partial charge in [-0.15, -0.1) is 22.7 Å². The molecule has 6 nitrogen and oxygen atoms in total. The molecule has 4 heterocycles. The predicted octanol–water partition coefficient (Wildman–Crippen LogP) is 3.35.